The molecule has 3 rings (SSSR count). The van der Waals surface area contributed by atoms with Crippen LogP contribution >= 0.6 is 0 Å². The normalized spacial score (nSPS) is 19.5. The van der Waals surface area contributed by atoms with Gasteiger partial charge >= 0.3 is 0 Å². The highest BCUT2D eigenvalue weighted by molar-refractivity contribution is 5.45. The van der Waals surface area contributed by atoms with E-state index in [0.29, 0.717) is 18.8 Å². The average molecular weight is 347 g/mol. The van der Waals surface area contributed by atoms with Crippen LogP contribution in [0.25, 0.3) is 0 Å². The van der Waals surface area contributed by atoms with E-state index in [9.17, 15) is 0 Å². The average Bonchev–Trinajstić information content (AvgIpc) is 3.07. The van der Waals surface area contributed by atoms with Gasteiger partial charge in [-0.05, 0) is 81.9 Å². The fourth-order valence-electron chi connectivity index (χ4n) is 3.85. The molecule has 1 aromatic carbocycles. The van der Waals surface area contributed by atoms with Crippen LogP contribution in [0.4, 0.5) is 0 Å². The van der Waals surface area contributed by atoms with E-state index in [-0.39, 0.29) is 0 Å². The Kier molecular flexibility index (Phi) is 6.60. The third-order valence-electron chi connectivity index (χ3n) is 5.60. The molecule has 2 aliphatic rings. The zero-order chi connectivity index (χ0) is 17.6. The number of benzene rings is 1. The zero-order valence-electron chi connectivity index (χ0n) is 16.1. The second-order valence-electron chi connectivity index (χ2n) is 8.10. The summed E-state index contributed by atoms with van der Waals surface area (Å²) in [5.41, 5.74) is 1.40. The Labute approximate surface area is 152 Å². The Bertz CT molecular complexity index is 539. The monoisotopic (exact) mass is 346 g/mol. The van der Waals surface area contributed by atoms with Crippen LogP contribution in [0.3, 0.4) is 0 Å². The highest BCUT2D eigenvalue weighted by atomic mass is 16.7. The van der Waals surface area contributed by atoms with Crippen molar-refractivity contribution in [1.82, 2.24) is 10.2 Å². The maximum atomic E-state index is 5.58. The molecule has 1 unspecified atom stereocenters. The molecule has 1 fully saturated rings. The molecule has 4 nitrogen and oxygen atoms in total. The number of nitrogens with one attached hydrogen (secondary N) is 1. The summed E-state index contributed by atoms with van der Waals surface area (Å²) >= 11 is 0. The fraction of sp³-hybridized carbons (Fsp3) is 0.714. The van der Waals surface area contributed by atoms with Crippen LogP contribution < -0.4 is 14.8 Å². The summed E-state index contributed by atoms with van der Waals surface area (Å²) in [5, 5.41) is 3.80. The van der Waals surface area contributed by atoms with Gasteiger partial charge in [-0.15, -0.1) is 0 Å². The first kappa shape index (κ1) is 18.5. The lowest BCUT2D eigenvalue weighted by atomic mass is 9.88. The maximum absolute atomic E-state index is 5.58. The smallest absolute Gasteiger partial charge is 0.231 e. The minimum Gasteiger partial charge on any atom is -0.454 e. The molecule has 140 valence electrons. The van der Waals surface area contributed by atoms with Crippen molar-refractivity contribution in [3.63, 3.8) is 0 Å². The van der Waals surface area contributed by atoms with Crippen LogP contribution in [0.15, 0.2) is 18.2 Å². The predicted molar refractivity (Wildman–Crippen MR) is 103 cm³/mol. The minimum absolute atomic E-state index is 0.354. The van der Waals surface area contributed by atoms with Crippen molar-refractivity contribution in [2.75, 3.05) is 33.5 Å². The number of piperidine rings is 1. The molecular formula is C21H34N2O2. The van der Waals surface area contributed by atoms with Crippen LogP contribution in [0.1, 0.15) is 57.4 Å². The first-order valence-corrected chi connectivity index (χ1v) is 9.93. The SMILES string of the molecule is CC(C)CCC(CCNC1CCN(C)CC1)c1ccc2c(c1)OCO2. The fourth-order valence-corrected chi connectivity index (χ4v) is 3.85. The Morgan fingerprint density at radius 2 is 1.84 bits per heavy atom. The van der Waals surface area contributed by atoms with Gasteiger partial charge in [-0.1, -0.05) is 26.3 Å². The van der Waals surface area contributed by atoms with E-state index in [1.165, 1.54) is 50.8 Å². The molecule has 2 heterocycles. The summed E-state index contributed by atoms with van der Waals surface area (Å²) in [6.45, 7) is 8.52. The molecular weight excluding hydrogens is 312 g/mol. The molecule has 4 heteroatoms. The van der Waals surface area contributed by atoms with Crippen molar-refractivity contribution in [1.29, 1.82) is 0 Å². The third-order valence-corrected chi connectivity index (χ3v) is 5.60. The Hall–Kier alpha value is -1.26. The van der Waals surface area contributed by atoms with Crippen molar-refractivity contribution in [3.8, 4) is 11.5 Å². The predicted octanol–water partition coefficient (Wildman–Crippen LogP) is 4.01. The summed E-state index contributed by atoms with van der Waals surface area (Å²) < 4.78 is 11.0. The van der Waals surface area contributed by atoms with Gasteiger partial charge in [-0.2, -0.15) is 0 Å². The summed E-state index contributed by atoms with van der Waals surface area (Å²) in [6, 6.07) is 7.19. The Morgan fingerprint density at radius 3 is 2.60 bits per heavy atom. The van der Waals surface area contributed by atoms with Crippen LogP contribution in [-0.4, -0.2) is 44.4 Å². The van der Waals surface area contributed by atoms with E-state index in [1.54, 1.807) is 0 Å². The van der Waals surface area contributed by atoms with E-state index in [0.717, 1.165) is 24.0 Å². The lowest BCUT2D eigenvalue weighted by Gasteiger charge is -2.30. The van der Waals surface area contributed by atoms with Crippen LogP contribution in [0, 0.1) is 5.92 Å². The summed E-state index contributed by atoms with van der Waals surface area (Å²) in [7, 11) is 2.22. The molecule has 0 spiro atoms. The standard InChI is InChI=1S/C21H34N2O2/c1-16(2)4-5-17(8-11-22-19-9-12-23(3)13-10-19)18-6-7-20-21(14-18)25-15-24-20/h6-7,14,16-17,19,22H,4-5,8-13,15H2,1-3H3. The number of hydrogen-bond donors (Lipinski definition) is 1. The molecule has 0 saturated carbocycles. The number of hydrogen-bond acceptors (Lipinski definition) is 4. The van der Waals surface area contributed by atoms with Gasteiger partial charge in [-0.25, -0.2) is 0 Å². The van der Waals surface area contributed by atoms with E-state index >= 15 is 0 Å². The quantitative estimate of drug-likeness (QED) is 0.771. The number of fused-ring (bicyclic) bond motifs is 1. The number of ether oxygens (including phenoxy) is 2. The van der Waals surface area contributed by atoms with Crippen molar-refractivity contribution in [3.05, 3.63) is 23.8 Å². The molecule has 1 aromatic rings. The molecule has 0 bridgehead atoms. The number of rotatable bonds is 8. The van der Waals surface area contributed by atoms with Gasteiger partial charge in [0, 0.05) is 6.04 Å². The van der Waals surface area contributed by atoms with E-state index in [2.05, 4.69) is 49.3 Å². The molecule has 1 saturated heterocycles. The number of likely N-dealkylation sites (tertiary alicyclic amines) is 1. The second kappa shape index (κ2) is 8.91. The van der Waals surface area contributed by atoms with Crippen LogP contribution in [0.5, 0.6) is 11.5 Å². The van der Waals surface area contributed by atoms with Gasteiger partial charge in [0.15, 0.2) is 11.5 Å². The van der Waals surface area contributed by atoms with Crippen molar-refractivity contribution in [2.24, 2.45) is 5.92 Å². The highest BCUT2D eigenvalue weighted by Gasteiger charge is 2.20. The van der Waals surface area contributed by atoms with Gasteiger partial charge in [0.05, 0.1) is 0 Å². The van der Waals surface area contributed by atoms with Gasteiger partial charge in [-0.3, -0.25) is 0 Å². The molecule has 2 aliphatic heterocycles. The lowest BCUT2D eigenvalue weighted by molar-refractivity contribution is 0.174. The molecule has 0 aromatic heterocycles. The molecule has 25 heavy (non-hydrogen) atoms. The third kappa shape index (κ3) is 5.35. The summed E-state index contributed by atoms with van der Waals surface area (Å²) in [5.74, 6) is 3.14. The molecule has 0 aliphatic carbocycles. The van der Waals surface area contributed by atoms with Gasteiger partial charge in [0.1, 0.15) is 0 Å². The van der Waals surface area contributed by atoms with E-state index in [1.807, 2.05) is 0 Å². The summed E-state index contributed by atoms with van der Waals surface area (Å²) in [6.07, 6.45) is 6.26. The highest BCUT2D eigenvalue weighted by Crippen LogP contribution is 2.37. The zero-order valence-corrected chi connectivity index (χ0v) is 16.1. The number of nitrogens with zero attached hydrogens (tertiary/aromatic N) is 1. The van der Waals surface area contributed by atoms with Crippen molar-refractivity contribution >= 4 is 0 Å². The van der Waals surface area contributed by atoms with Crippen LogP contribution in [0.2, 0.25) is 0 Å². The Morgan fingerprint density at radius 1 is 1.08 bits per heavy atom. The van der Waals surface area contributed by atoms with Crippen LogP contribution in [-0.2, 0) is 0 Å². The first-order valence-electron chi connectivity index (χ1n) is 9.93. The largest absolute Gasteiger partial charge is 0.454 e. The lowest BCUT2D eigenvalue weighted by Crippen LogP contribution is -2.41. The van der Waals surface area contributed by atoms with Crippen molar-refractivity contribution in [2.45, 2.75) is 57.9 Å². The summed E-state index contributed by atoms with van der Waals surface area (Å²) in [4.78, 5) is 2.43. The van der Waals surface area contributed by atoms with Gasteiger partial charge in [0.2, 0.25) is 6.79 Å². The van der Waals surface area contributed by atoms with E-state index in [4.69, 9.17) is 9.47 Å². The first-order chi connectivity index (χ1) is 12.1. The maximum Gasteiger partial charge on any atom is 0.231 e. The molecule has 0 radical (unpaired) electrons. The van der Waals surface area contributed by atoms with Gasteiger partial charge < -0.3 is 19.7 Å². The minimum atomic E-state index is 0.354. The second-order valence-corrected chi connectivity index (χ2v) is 8.10. The molecule has 1 N–H and O–H groups in total. The van der Waals surface area contributed by atoms with Crippen molar-refractivity contribution < 1.29 is 9.47 Å². The van der Waals surface area contributed by atoms with Gasteiger partial charge in [0.25, 0.3) is 0 Å². The van der Waals surface area contributed by atoms with E-state index < -0.39 is 0 Å². The topological polar surface area (TPSA) is 33.7 Å². The molecule has 1 atom stereocenters. The molecule has 0 amide bonds. The Balaban J connectivity index is 1.55.